The van der Waals surface area contributed by atoms with E-state index in [2.05, 4.69) is 11.1 Å². The number of aliphatic hydroxyl groups excluding tert-OH is 1. The molecule has 0 spiro atoms. The van der Waals surface area contributed by atoms with Gasteiger partial charge in [-0.25, -0.2) is 0 Å². The summed E-state index contributed by atoms with van der Waals surface area (Å²) >= 11 is 0. The van der Waals surface area contributed by atoms with Crippen LogP contribution in [0.4, 0.5) is 0 Å². The molecule has 0 amide bonds. The molecule has 2 unspecified atom stereocenters. The molecule has 3 aliphatic carbocycles. The molecule has 5 atom stereocenters. The fourth-order valence-corrected chi connectivity index (χ4v) is 6.05. The van der Waals surface area contributed by atoms with Gasteiger partial charge in [0.1, 0.15) is 5.75 Å². The van der Waals surface area contributed by atoms with E-state index in [0.717, 1.165) is 44.1 Å². The largest absolute Gasteiger partial charge is 0.446 e. The van der Waals surface area contributed by atoms with Crippen LogP contribution in [-0.4, -0.2) is 53.7 Å². The number of rotatable bonds is 2. The van der Waals surface area contributed by atoms with Crippen LogP contribution in [0.2, 0.25) is 0 Å². The minimum atomic E-state index is -4.48. The molecular formula is C18H24NaO5S. The molecule has 25 heavy (non-hydrogen) atoms. The molecule has 7 heteroatoms. The predicted octanol–water partition coefficient (Wildman–Crippen LogP) is 2.70. The Morgan fingerprint density at radius 2 is 1.96 bits per heavy atom. The van der Waals surface area contributed by atoms with Crippen molar-refractivity contribution in [3.63, 3.8) is 0 Å². The average molecular weight is 375 g/mol. The van der Waals surface area contributed by atoms with Gasteiger partial charge in [-0.05, 0) is 85.0 Å². The summed E-state index contributed by atoms with van der Waals surface area (Å²) in [4.78, 5) is 0. The van der Waals surface area contributed by atoms with Crippen molar-refractivity contribution in [3.8, 4) is 5.75 Å². The molecule has 1 aromatic rings. The second kappa shape index (κ2) is 6.80. The summed E-state index contributed by atoms with van der Waals surface area (Å²) in [5, 5.41) is 10.4. The molecule has 0 aliphatic heterocycles. The molecule has 1 aromatic carbocycles. The molecule has 0 heterocycles. The van der Waals surface area contributed by atoms with E-state index in [1.54, 1.807) is 12.1 Å². The molecule has 0 saturated heterocycles. The summed E-state index contributed by atoms with van der Waals surface area (Å²) in [5.74, 6) is 1.83. The van der Waals surface area contributed by atoms with E-state index in [0.29, 0.717) is 17.8 Å². The fraction of sp³-hybridized carbons (Fsp3) is 0.667. The van der Waals surface area contributed by atoms with E-state index in [1.165, 1.54) is 5.56 Å². The normalized spacial score (nSPS) is 36.6. The molecule has 5 nitrogen and oxygen atoms in total. The number of hydrogen-bond donors (Lipinski definition) is 2. The zero-order chi connectivity index (χ0) is 17.1. The number of aliphatic hydroxyl groups is 1. The van der Waals surface area contributed by atoms with Crippen molar-refractivity contribution in [1.82, 2.24) is 0 Å². The SMILES string of the molecule is C[C@]12CCC3c4ccc(OS(=O)(=O)O)cc4CC[C@H]3C1CC[C@@H]2O.[Na]. The van der Waals surface area contributed by atoms with Crippen LogP contribution < -0.4 is 4.18 Å². The van der Waals surface area contributed by atoms with Crippen molar-refractivity contribution < 1.29 is 22.3 Å². The standard InChI is InChI=1S/C18H24O5S.Na/c1-18-9-8-14-13-5-3-12(23-24(20,21)22)10-11(13)2-4-15(14)16(18)6-7-17(18)19;/h3,5,10,14-17,19H,2,4,6-9H2,1H3,(H,20,21,22);/t14?,15-,16?,17+,18+;/m1./s1. The molecular weight excluding hydrogens is 351 g/mol. The molecule has 1 radical (unpaired) electrons. The van der Waals surface area contributed by atoms with Crippen LogP contribution in [0.25, 0.3) is 0 Å². The summed E-state index contributed by atoms with van der Waals surface area (Å²) in [6.07, 6.45) is 5.93. The van der Waals surface area contributed by atoms with Gasteiger partial charge >= 0.3 is 10.4 Å². The van der Waals surface area contributed by atoms with Gasteiger partial charge in [0.2, 0.25) is 0 Å². The third-order valence-corrected chi connectivity index (χ3v) is 7.25. The van der Waals surface area contributed by atoms with Crippen LogP contribution in [0, 0.1) is 17.3 Å². The summed E-state index contributed by atoms with van der Waals surface area (Å²) in [6, 6.07) is 5.34. The van der Waals surface area contributed by atoms with Gasteiger partial charge in [-0.1, -0.05) is 13.0 Å². The monoisotopic (exact) mass is 375 g/mol. The number of fused-ring (bicyclic) bond motifs is 5. The quantitative estimate of drug-likeness (QED) is 0.613. The van der Waals surface area contributed by atoms with Crippen LogP contribution in [0.1, 0.15) is 56.1 Å². The van der Waals surface area contributed by atoms with Gasteiger partial charge in [0.15, 0.2) is 0 Å². The van der Waals surface area contributed by atoms with Crippen molar-refractivity contribution in [3.05, 3.63) is 29.3 Å². The van der Waals surface area contributed by atoms with Crippen molar-refractivity contribution in [1.29, 1.82) is 0 Å². The Hall–Kier alpha value is -0.110. The van der Waals surface area contributed by atoms with Crippen LogP contribution in [-0.2, 0) is 16.8 Å². The first kappa shape index (κ1) is 19.6. The minimum absolute atomic E-state index is 0. The Kier molecular flexibility index (Phi) is 5.35. The average Bonchev–Trinajstić information content (AvgIpc) is 2.81. The Labute approximate surface area is 171 Å². The van der Waals surface area contributed by atoms with Crippen molar-refractivity contribution >= 4 is 40.0 Å². The van der Waals surface area contributed by atoms with E-state index < -0.39 is 10.4 Å². The molecule has 2 saturated carbocycles. The molecule has 0 aromatic heterocycles. The van der Waals surface area contributed by atoms with Gasteiger partial charge in [0, 0.05) is 29.6 Å². The van der Waals surface area contributed by atoms with Crippen LogP contribution in [0.5, 0.6) is 5.75 Å². The fourth-order valence-electron chi connectivity index (χ4n) is 5.70. The Morgan fingerprint density at radius 1 is 1.20 bits per heavy atom. The Morgan fingerprint density at radius 3 is 2.68 bits per heavy atom. The van der Waals surface area contributed by atoms with E-state index >= 15 is 0 Å². The van der Waals surface area contributed by atoms with Crippen molar-refractivity contribution in [2.45, 2.75) is 57.5 Å². The molecule has 2 N–H and O–H groups in total. The third kappa shape index (κ3) is 3.42. The van der Waals surface area contributed by atoms with E-state index in [1.807, 2.05) is 6.07 Å². The van der Waals surface area contributed by atoms with Gasteiger partial charge in [0.25, 0.3) is 0 Å². The smallest absolute Gasteiger partial charge is 0.393 e. The Bertz CT molecular complexity index is 765. The van der Waals surface area contributed by atoms with Gasteiger partial charge in [-0.15, -0.1) is 0 Å². The van der Waals surface area contributed by atoms with Gasteiger partial charge < -0.3 is 9.29 Å². The maximum Gasteiger partial charge on any atom is 0.446 e. The third-order valence-electron chi connectivity index (χ3n) is 6.85. The summed E-state index contributed by atoms with van der Waals surface area (Å²) in [6.45, 7) is 2.25. The number of aryl methyl sites for hydroxylation is 1. The van der Waals surface area contributed by atoms with E-state index in [4.69, 9.17) is 4.55 Å². The summed E-state index contributed by atoms with van der Waals surface area (Å²) in [7, 11) is -4.48. The zero-order valence-electron chi connectivity index (χ0n) is 14.8. The van der Waals surface area contributed by atoms with Crippen LogP contribution in [0.15, 0.2) is 18.2 Å². The zero-order valence-corrected chi connectivity index (χ0v) is 17.6. The molecule has 3 aliphatic rings. The second-order valence-corrected chi connectivity index (χ2v) is 8.95. The van der Waals surface area contributed by atoms with Gasteiger partial charge in [0.05, 0.1) is 6.10 Å². The maximum absolute atomic E-state index is 10.9. The topological polar surface area (TPSA) is 83.8 Å². The summed E-state index contributed by atoms with van der Waals surface area (Å²) in [5.41, 5.74) is 2.48. The molecule has 133 valence electrons. The van der Waals surface area contributed by atoms with Crippen LogP contribution in [0.3, 0.4) is 0 Å². The second-order valence-electron chi connectivity index (χ2n) is 7.92. The summed E-state index contributed by atoms with van der Waals surface area (Å²) < 4.78 is 35.2. The Balaban J connectivity index is 0.00000182. The molecule has 2 fully saturated rings. The first-order chi connectivity index (χ1) is 11.3. The molecule has 4 rings (SSSR count). The number of benzene rings is 1. The van der Waals surface area contributed by atoms with Gasteiger partial charge in [-0.3, -0.25) is 4.55 Å². The van der Waals surface area contributed by atoms with E-state index in [-0.39, 0.29) is 46.8 Å². The van der Waals surface area contributed by atoms with Crippen molar-refractivity contribution in [2.24, 2.45) is 17.3 Å². The first-order valence-corrected chi connectivity index (χ1v) is 10.1. The van der Waals surface area contributed by atoms with E-state index in [9.17, 15) is 13.5 Å². The predicted molar refractivity (Wildman–Crippen MR) is 95.0 cm³/mol. The van der Waals surface area contributed by atoms with Gasteiger partial charge in [-0.2, -0.15) is 8.42 Å². The van der Waals surface area contributed by atoms with Crippen LogP contribution >= 0.6 is 0 Å². The maximum atomic E-state index is 10.9. The molecule has 0 bridgehead atoms. The number of hydrogen-bond acceptors (Lipinski definition) is 4. The first-order valence-electron chi connectivity index (χ1n) is 8.76. The van der Waals surface area contributed by atoms with Crippen molar-refractivity contribution in [2.75, 3.05) is 0 Å². The minimum Gasteiger partial charge on any atom is -0.393 e.